The van der Waals surface area contributed by atoms with Gasteiger partial charge >= 0.3 is 13.6 Å². The van der Waals surface area contributed by atoms with E-state index in [1.165, 1.54) is 24.3 Å². The zero-order valence-corrected chi connectivity index (χ0v) is 12.9. The Morgan fingerprint density at radius 3 is 2.19 bits per heavy atom. The Hall–Kier alpha value is -1.40. The number of carbonyl (C=O) groups is 1. The number of benzene rings is 1. The highest BCUT2D eigenvalue weighted by atomic mass is 31.2. The van der Waals surface area contributed by atoms with E-state index in [4.69, 9.17) is 9.05 Å². The lowest BCUT2D eigenvalue weighted by atomic mass is 10.1. The summed E-state index contributed by atoms with van der Waals surface area (Å²) in [4.78, 5) is 11.3. The molecule has 0 bridgehead atoms. The van der Waals surface area contributed by atoms with E-state index in [9.17, 15) is 19.6 Å². The maximum Gasteiger partial charge on any atom is 0.344 e. The van der Waals surface area contributed by atoms with Gasteiger partial charge in [0.1, 0.15) is 11.8 Å². The van der Waals surface area contributed by atoms with Gasteiger partial charge in [0.25, 0.3) is 0 Å². The normalized spacial score (nSPS) is 13.0. The fraction of sp³-hybridized carbons (Fsp3) is 0.462. The molecule has 21 heavy (non-hydrogen) atoms. The van der Waals surface area contributed by atoms with Crippen LogP contribution >= 0.6 is 7.60 Å². The first-order valence-electron chi connectivity index (χ1n) is 6.55. The molecule has 1 unspecified atom stereocenters. The number of aromatic hydroxyl groups is 1. The van der Waals surface area contributed by atoms with Crippen molar-refractivity contribution in [2.75, 3.05) is 19.5 Å². The van der Waals surface area contributed by atoms with Crippen LogP contribution in [0.3, 0.4) is 0 Å². The molecule has 0 amide bonds. The SMILES string of the molecule is CCOP(=O)(CNC(C(=O)O)c1ccc(O)cc1)OCC. The van der Waals surface area contributed by atoms with Crippen molar-refractivity contribution < 1.29 is 28.6 Å². The van der Waals surface area contributed by atoms with Crippen LogP contribution in [0.4, 0.5) is 0 Å². The number of carboxylic acid groups (broad SMARTS) is 1. The molecule has 118 valence electrons. The average molecular weight is 317 g/mol. The van der Waals surface area contributed by atoms with E-state index in [1.807, 2.05) is 0 Å². The van der Waals surface area contributed by atoms with Gasteiger partial charge in [-0.1, -0.05) is 12.1 Å². The van der Waals surface area contributed by atoms with Gasteiger partial charge in [-0.15, -0.1) is 0 Å². The van der Waals surface area contributed by atoms with E-state index in [0.717, 1.165) is 0 Å². The number of hydrogen-bond acceptors (Lipinski definition) is 6. The standard InChI is InChI=1S/C13H20NO6P/c1-3-19-21(18,20-4-2)9-14-12(13(16)17)10-5-7-11(15)8-6-10/h5-8,12,14-15H,3-4,9H2,1-2H3,(H,16,17). The van der Waals surface area contributed by atoms with E-state index in [0.29, 0.717) is 5.56 Å². The van der Waals surface area contributed by atoms with Crippen molar-refractivity contribution in [2.24, 2.45) is 0 Å². The van der Waals surface area contributed by atoms with E-state index in [-0.39, 0.29) is 25.2 Å². The molecule has 8 heteroatoms. The predicted octanol–water partition coefficient (Wildman–Crippen LogP) is 2.33. The second-order valence-electron chi connectivity index (χ2n) is 4.17. The van der Waals surface area contributed by atoms with Crippen molar-refractivity contribution in [1.29, 1.82) is 0 Å². The minimum Gasteiger partial charge on any atom is -0.508 e. The summed E-state index contributed by atoms with van der Waals surface area (Å²) in [7, 11) is -3.37. The summed E-state index contributed by atoms with van der Waals surface area (Å²) in [6, 6.07) is 4.66. The van der Waals surface area contributed by atoms with Gasteiger partial charge < -0.3 is 19.3 Å². The van der Waals surface area contributed by atoms with Crippen molar-refractivity contribution in [2.45, 2.75) is 19.9 Å². The smallest absolute Gasteiger partial charge is 0.344 e. The molecular weight excluding hydrogens is 297 g/mol. The quantitative estimate of drug-likeness (QED) is 0.600. The molecular formula is C13H20NO6P. The molecule has 0 saturated heterocycles. The summed E-state index contributed by atoms with van der Waals surface area (Å²) in [6.45, 7) is 3.77. The van der Waals surface area contributed by atoms with Gasteiger partial charge in [-0.25, -0.2) is 0 Å². The molecule has 0 saturated carbocycles. The fourth-order valence-electron chi connectivity index (χ4n) is 1.74. The lowest BCUT2D eigenvalue weighted by Gasteiger charge is -2.20. The Bertz CT molecular complexity index is 494. The van der Waals surface area contributed by atoms with E-state index < -0.39 is 19.6 Å². The third kappa shape index (κ3) is 5.47. The maximum atomic E-state index is 12.3. The molecule has 0 heterocycles. The Labute approximate surface area is 123 Å². The second-order valence-corrected chi connectivity index (χ2v) is 6.23. The van der Waals surface area contributed by atoms with Gasteiger partial charge in [-0.05, 0) is 31.5 Å². The van der Waals surface area contributed by atoms with E-state index >= 15 is 0 Å². The van der Waals surface area contributed by atoms with Crippen molar-refractivity contribution in [3.05, 3.63) is 29.8 Å². The number of rotatable bonds is 9. The number of hydrogen-bond donors (Lipinski definition) is 3. The summed E-state index contributed by atoms with van der Waals surface area (Å²) < 4.78 is 22.5. The molecule has 1 atom stereocenters. The summed E-state index contributed by atoms with van der Waals surface area (Å²) in [5.74, 6) is -1.09. The predicted molar refractivity (Wildman–Crippen MR) is 77.3 cm³/mol. The van der Waals surface area contributed by atoms with Crippen LogP contribution in [0, 0.1) is 0 Å². The topological polar surface area (TPSA) is 105 Å². The van der Waals surface area contributed by atoms with Crippen LogP contribution in [0.1, 0.15) is 25.5 Å². The van der Waals surface area contributed by atoms with Crippen LogP contribution in [0.5, 0.6) is 5.75 Å². The summed E-state index contributed by atoms with van der Waals surface area (Å²) >= 11 is 0. The summed E-state index contributed by atoms with van der Waals surface area (Å²) in [5, 5.41) is 21.2. The molecule has 0 spiro atoms. The van der Waals surface area contributed by atoms with Crippen LogP contribution in [-0.4, -0.2) is 35.7 Å². The maximum absolute atomic E-state index is 12.3. The van der Waals surface area contributed by atoms with Crippen molar-refractivity contribution >= 4 is 13.6 Å². The number of phenolic OH excluding ortho intramolecular Hbond substituents is 1. The number of aliphatic carboxylic acids is 1. The molecule has 1 aromatic carbocycles. The van der Waals surface area contributed by atoms with Crippen molar-refractivity contribution in [3.63, 3.8) is 0 Å². The number of carboxylic acids is 1. The first-order valence-corrected chi connectivity index (χ1v) is 8.28. The molecule has 0 aliphatic carbocycles. The zero-order valence-electron chi connectivity index (χ0n) is 12.0. The minimum absolute atomic E-state index is 0.0391. The molecule has 0 aliphatic rings. The Kier molecular flexibility index (Phi) is 6.84. The van der Waals surface area contributed by atoms with Crippen LogP contribution in [0.15, 0.2) is 24.3 Å². The highest BCUT2D eigenvalue weighted by Gasteiger charge is 2.28. The third-order valence-corrected chi connectivity index (χ3v) is 4.49. The Morgan fingerprint density at radius 2 is 1.76 bits per heavy atom. The minimum atomic E-state index is -3.37. The van der Waals surface area contributed by atoms with Crippen LogP contribution < -0.4 is 5.32 Å². The second kappa shape index (κ2) is 8.14. The Balaban J connectivity index is 2.81. The molecule has 7 nitrogen and oxygen atoms in total. The van der Waals surface area contributed by atoms with Crippen LogP contribution in [0.2, 0.25) is 0 Å². The monoisotopic (exact) mass is 317 g/mol. The van der Waals surface area contributed by atoms with Gasteiger partial charge in [0.2, 0.25) is 0 Å². The third-order valence-electron chi connectivity index (χ3n) is 2.61. The molecule has 0 radical (unpaired) electrons. The van der Waals surface area contributed by atoms with Crippen LogP contribution in [0.25, 0.3) is 0 Å². The largest absolute Gasteiger partial charge is 0.508 e. The van der Waals surface area contributed by atoms with E-state index in [1.54, 1.807) is 13.8 Å². The molecule has 3 N–H and O–H groups in total. The van der Waals surface area contributed by atoms with E-state index in [2.05, 4.69) is 5.32 Å². The number of phenols is 1. The van der Waals surface area contributed by atoms with Gasteiger partial charge in [0, 0.05) is 0 Å². The average Bonchev–Trinajstić information content (AvgIpc) is 2.41. The molecule has 1 aromatic rings. The first kappa shape index (κ1) is 17.7. The van der Waals surface area contributed by atoms with Gasteiger partial charge in [-0.2, -0.15) is 0 Å². The van der Waals surface area contributed by atoms with Gasteiger partial charge in [-0.3, -0.25) is 14.7 Å². The highest BCUT2D eigenvalue weighted by molar-refractivity contribution is 7.53. The molecule has 0 aromatic heterocycles. The number of nitrogens with one attached hydrogen (secondary N) is 1. The van der Waals surface area contributed by atoms with Crippen molar-refractivity contribution in [3.8, 4) is 5.75 Å². The zero-order chi connectivity index (χ0) is 15.9. The first-order chi connectivity index (χ1) is 9.91. The van der Waals surface area contributed by atoms with Gasteiger partial charge in [0.15, 0.2) is 0 Å². The fourth-order valence-corrected chi connectivity index (χ4v) is 3.19. The lowest BCUT2D eigenvalue weighted by Crippen LogP contribution is -2.30. The molecule has 1 rings (SSSR count). The Morgan fingerprint density at radius 1 is 1.24 bits per heavy atom. The van der Waals surface area contributed by atoms with Gasteiger partial charge in [0.05, 0.1) is 19.5 Å². The summed E-state index contributed by atoms with van der Waals surface area (Å²) in [5.41, 5.74) is 0.430. The summed E-state index contributed by atoms with van der Waals surface area (Å²) in [6.07, 6.45) is -0.216. The van der Waals surface area contributed by atoms with Crippen molar-refractivity contribution in [1.82, 2.24) is 5.32 Å². The highest BCUT2D eigenvalue weighted by Crippen LogP contribution is 2.47. The lowest BCUT2D eigenvalue weighted by molar-refractivity contribution is -0.139. The van der Waals surface area contributed by atoms with Crippen LogP contribution in [-0.2, 0) is 18.4 Å². The molecule has 0 aliphatic heterocycles. The molecule has 0 fully saturated rings.